The van der Waals surface area contributed by atoms with Gasteiger partial charge in [0.15, 0.2) is 5.17 Å². The second-order valence-electron chi connectivity index (χ2n) is 2.48. The third-order valence-corrected chi connectivity index (χ3v) is 2.92. The minimum atomic E-state index is 0.239. The van der Waals surface area contributed by atoms with Crippen LogP contribution >= 0.6 is 35.0 Å². The van der Waals surface area contributed by atoms with Crippen LogP contribution in [0.2, 0.25) is 10.0 Å². The lowest BCUT2D eigenvalue weighted by Crippen LogP contribution is -2.34. The minimum Gasteiger partial charge on any atom is -0.277 e. The zero-order valence-electron chi connectivity index (χ0n) is 7.42. The molecular weight excluding hydrogens is 241 g/mol. The lowest BCUT2D eigenvalue weighted by atomic mass is 10.3. The highest BCUT2D eigenvalue weighted by molar-refractivity contribution is 8.13. The summed E-state index contributed by atoms with van der Waals surface area (Å²) in [6.45, 7) is 0. The summed E-state index contributed by atoms with van der Waals surface area (Å²) >= 11 is 12.8. The Morgan fingerprint density at radius 3 is 2.57 bits per heavy atom. The van der Waals surface area contributed by atoms with E-state index in [9.17, 15) is 0 Å². The molecule has 1 aromatic rings. The number of thioether (sulfide) groups is 1. The predicted octanol–water partition coefficient (Wildman–Crippen LogP) is 2.97. The molecule has 0 aliphatic carbocycles. The summed E-state index contributed by atoms with van der Waals surface area (Å²) in [5, 5.41) is 9.87. The summed E-state index contributed by atoms with van der Waals surface area (Å²) in [6, 6.07) is 4.97. The first-order valence-corrected chi connectivity index (χ1v) is 5.66. The maximum atomic E-state index is 7.49. The first-order chi connectivity index (χ1) is 6.56. The van der Waals surface area contributed by atoms with E-state index in [0.29, 0.717) is 15.7 Å². The van der Waals surface area contributed by atoms with E-state index >= 15 is 0 Å². The number of anilines is 1. The Morgan fingerprint density at radius 2 is 2.07 bits per heavy atom. The van der Waals surface area contributed by atoms with E-state index in [0.717, 1.165) is 0 Å². The highest BCUT2D eigenvalue weighted by Crippen LogP contribution is 2.26. The number of halogens is 2. The van der Waals surface area contributed by atoms with Gasteiger partial charge in [0.2, 0.25) is 0 Å². The van der Waals surface area contributed by atoms with Crippen molar-refractivity contribution in [2.45, 2.75) is 0 Å². The quantitative estimate of drug-likeness (QED) is 0.348. The molecule has 0 unspecified atom stereocenters. The van der Waals surface area contributed by atoms with Crippen LogP contribution in [0.15, 0.2) is 18.2 Å². The van der Waals surface area contributed by atoms with E-state index in [-0.39, 0.29) is 5.17 Å². The Balaban J connectivity index is 2.96. The number of nitrogens with two attached hydrogens (primary N) is 1. The molecule has 0 aliphatic heterocycles. The fourth-order valence-corrected chi connectivity index (χ4v) is 1.44. The first-order valence-electron chi connectivity index (χ1n) is 3.68. The van der Waals surface area contributed by atoms with Crippen LogP contribution in [0.25, 0.3) is 0 Å². The van der Waals surface area contributed by atoms with E-state index < -0.39 is 0 Å². The van der Waals surface area contributed by atoms with Gasteiger partial charge in [-0.1, -0.05) is 35.0 Å². The second-order valence-corrected chi connectivity index (χ2v) is 4.09. The van der Waals surface area contributed by atoms with Crippen molar-refractivity contribution in [3.63, 3.8) is 0 Å². The summed E-state index contributed by atoms with van der Waals surface area (Å²) in [5.41, 5.74) is 0.638. The van der Waals surface area contributed by atoms with Crippen LogP contribution in [0.1, 0.15) is 0 Å². The maximum absolute atomic E-state index is 7.49. The molecule has 0 radical (unpaired) electrons. The van der Waals surface area contributed by atoms with Gasteiger partial charge in [-0.15, -0.1) is 0 Å². The zero-order valence-corrected chi connectivity index (χ0v) is 9.75. The van der Waals surface area contributed by atoms with Crippen molar-refractivity contribution in [1.82, 2.24) is 0 Å². The molecule has 0 amide bonds. The van der Waals surface area contributed by atoms with Gasteiger partial charge in [-0.05, 0) is 24.5 Å². The first kappa shape index (κ1) is 11.7. The SMILES string of the molecule is CSC(=N)N(N)c1ccc(Cl)c(Cl)c1. The summed E-state index contributed by atoms with van der Waals surface area (Å²) in [7, 11) is 0. The van der Waals surface area contributed by atoms with E-state index in [1.165, 1.54) is 16.8 Å². The summed E-state index contributed by atoms with van der Waals surface area (Å²) in [5.74, 6) is 5.65. The standard InChI is InChI=1S/C8H9Cl2N3S/c1-14-8(11)13(12)5-2-3-6(9)7(10)4-5/h2-4,11H,12H2,1H3. The number of benzene rings is 1. The molecule has 0 fully saturated rings. The third kappa shape index (κ3) is 2.54. The van der Waals surface area contributed by atoms with Crippen molar-refractivity contribution in [3.8, 4) is 0 Å². The second kappa shape index (κ2) is 4.89. The number of hydrogen-bond donors (Lipinski definition) is 2. The van der Waals surface area contributed by atoms with Crippen molar-refractivity contribution >= 4 is 45.8 Å². The summed E-state index contributed by atoms with van der Waals surface area (Å²) < 4.78 is 0. The van der Waals surface area contributed by atoms with E-state index in [4.69, 9.17) is 34.5 Å². The Kier molecular flexibility index (Phi) is 4.07. The van der Waals surface area contributed by atoms with Gasteiger partial charge in [0, 0.05) is 0 Å². The van der Waals surface area contributed by atoms with Crippen molar-refractivity contribution < 1.29 is 0 Å². The Hall–Kier alpha value is -0.420. The normalized spacial score (nSPS) is 10.0. The lowest BCUT2D eigenvalue weighted by Gasteiger charge is -2.17. The van der Waals surface area contributed by atoms with Gasteiger partial charge in [0.25, 0.3) is 0 Å². The molecule has 0 bridgehead atoms. The molecule has 3 nitrogen and oxygen atoms in total. The van der Waals surface area contributed by atoms with Crippen molar-refractivity contribution in [2.75, 3.05) is 11.3 Å². The molecule has 0 aromatic heterocycles. The van der Waals surface area contributed by atoms with E-state index in [2.05, 4.69) is 0 Å². The lowest BCUT2D eigenvalue weighted by molar-refractivity contribution is 1.13. The highest BCUT2D eigenvalue weighted by atomic mass is 35.5. The molecule has 1 rings (SSSR count). The Bertz CT molecular complexity index is 356. The number of hydrogen-bond acceptors (Lipinski definition) is 3. The van der Waals surface area contributed by atoms with Gasteiger partial charge >= 0.3 is 0 Å². The largest absolute Gasteiger partial charge is 0.277 e. The average Bonchev–Trinajstić information content (AvgIpc) is 2.20. The number of rotatable bonds is 1. The fraction of sp³-hybridized carbons (Fsp3) is 0.125. The van der Waals surface area contributed by atoms with Crippen LogP contribution in [-0.4, -0.2) is 11.4 Å². The molecule has 0 atom stereocenters. The number of amidine groups is 1. The van der Waals surface area contributed by atoms with Gasteiger partial charge in [-0.25, -0.2) is 5.84 Å². The average molecular weight is 250 g/mol. The molecule has 76 valence electrons. The van der Waals surface area contributed by atoms with Crippen molar-refractivity contribution in [2.24, 2.45) is 5.84 Å². The molecule has 0 saturated heterocycles. The van der Waals surface area contributed by atoms with Gasteiger partial charge in [0.05, 0.1) is 15.7 Å². The maximum Gasteiger partial charge on any atom is 0.175 e. The third-order valence-electron chi connectivity index (χ3n) is 1.59. The molecule has 0 heterocycles. The molecule has 0 spiro atoms. The zero-order chi connectivity index (χ0) is 10.7. The van der Waals surface area contributed by atoms with Crippen LogP contribution < -0.4 is 10.9 Å². The predicted molar refractivity (Wildman–Crippen MR) is 64.4 cm³/mol. The molecule has 0 saturated carbocycles. The molecule has 14 heavy (non-hydrogen) atoms. The van der Waals surface area contributed by atoms with Gasteiger partial charge in [-0.3, -0.25) is 10.4 Å². The smallest absolute Gasteiger partial charge is 0.175 e. The molecular formula is C8H9Cl2N3S. The van der Waals surface area contributed by atoms with Crippen molar-refractivity contribution in [1.29, 1.82) is 5.41 Å². The van der Waals surface area contributed by atoms with Crippen molar-refractivity contribution in [3.05, 3.63) is 28.2 Å². The van der Waals surface area contributed by atoms with Crippen LogP contribution in [0, 0.1) is 5.41 Å². The van der Waals surface area contributed by atoms with Gasteiger partial charge < -0.3 is 0 Å². The minimum absolute atomic E-state index is 0.239. The van der Waals surface area contributed by atoms with Crippen LogP contribution in [0.4, 0.5) is 5.69 Å². The molecule has 0 aliphatic rings. The van der Waals surface area contributed by atoms with Gasteiger partial charge in [-0.2, -0.15) is 0 Å². The molecule has 1 aromatic carbocycles. The summed E-state index contributed by atoms with van der Waals surface area (Å²) in [4.78, 5) is 0. The fourth-order valence-electron chi connectivity index (χ4n) is 0.850. The topological polar surface area (TPSA) is 53.1 Å². The molecule has 6 heteroatoms. The number of nitrogens with zero attached hydrogens (tertiary/aromatic N) is 1. The van der Waals surface area contributed by atoms with Crippen LogP contribution in [0.5, 0.6) is 0 Å². The van der Waals surface area contributed by atoms with E-state index in [1.807, 2.05) is 0 Å². The number of nitrogens with one attached hydrogen (secondary N) is 1. The van der Waals surface area contributed by atoms with Crippen LogP contribution in [-0.2, 0) is 0 Å². The Morgan fingerprint density at radius 1 is 1.43 bits per heavy atom. The Labute approximate surface area is 96.6 Å². The van der Waals surface area contributed by atoms with Crippen LogP contribution in [0.3, 0.4) is 0 Å². The summed E-state index contributed by atoms with van der Waals surface area (Å²) in [6.07, 6.45) is 1.78. The monoisotopic (exact) mass is 249 g/mol. The molecule has 3 N–H and O–H groups in total. The highest BCUT2D eigenvalue weighted by Gasteiger charge is 2.08. The number of hydrazine groups is 1. The van der Waals surface area contributed by atoms with E-state index in [1.54, 1.807) is 24.5 Å². The van der Waals surface area contributed by atoms with Gasteiger partial charge in [0.1, 0.15) is 0 Å².